The number of nitrogens with one attached hydrogen (secondary N) is 1. The van der Waals surface area contributed by atoms with Crippen LogP contribution in [0, 0.1) is 5.92 Å². The molecule has 5 nitrogen and oxygen atoms in total. The number of aliphatic hydroxyl groups excluding tert-OH is 1. The second kappa shape index (κ2) is 7.64. The molecular formula is C17H31N3O2. The molecule has 2 heterocycles. The minimum absolute atomic E-state index is 0.0760. The Balaban J connectivity index is 1.39. The van der Waals surface area contributed by atoms with Gasteiger partial charge in [-0.3, -0.25) is 0 Å². The fourth-order valence-electron chi connectivity index (χ4n) is 4.29. The fraction of sp³-hybridized carbons (Fsp3) is 0.941. The van der Waals surface area contributed by atoms with Crippen LogP contribution in [0.15, 0.2) is 0 Å². The van der Waals surface area contributed by atoms with Crippen LogP contribution in [0.4, 0.5) is 4.79 Å². The largest absolute Gasteiger partial charge is 0.396 e. The Kier molecular flexibility index (Phi) is 5.58. The van der Waals surface area contributed by atoms with Gasteiger partial charge in [0, 0.05) is 50.8 Å². The van der Waals surface area contributed by atoms with E-state index in [9.17, 15) is 9.90 Å². The average molecular weight is 309 g/mol. The van der Waals surface area contributed by atoms with Crippen molar-refractivity contribution in [2.24, 2.45) is 5.92 Å². The van der Waals surface area contributed by atoms with Crippen molar-refractivity contribution >= 4 is 6.03 Å². The maximum Gasteiger partial charge on any atom is 0.317 e. The van der Waals surface area contributed by atoms with E-state index in [1.165, 1.54) is 32.1 Å². The molecule has 1 atom stereocenters. The fourth-order valence-corrected chi connectivity index (χ4v) is 4.29. The molecule has 2 aliphatic heterocycles. The van der Waals surface area contributed by atoms with E-state index in [2.05, 4.69) is 10.2 Å². The van der Waals surface area contributed by atoms with Gasteiger partial charge in [-0.05, 0) is 32.1 Å². The molecule has 2 saturated heterocycles. The number of amides is 2. The van der Waals surface area contributed by atoms with Gasteiger partial charge in [-0.2, -0.15) is 0 Å². The van der Waals surface area contributed by atoms with Crippen LogP contribution in [-0.4, -0.2) is 65.8 Å². The highest BCUT2D eigenvalue weighted by atomic mass is 16.3. The van der Waals surface area contributed by atoms with Crippen LogP contribution in [0.3, 0.4) is 0 Å². The lowest BCUT2D eigenvalue weighted by molar-refractivity contribution is 0.115. The van der Waals surface area contributed by atoms with Gasteiger partial charge in [-0.15, -0.1) is 0 Å². The van der Waals surface area contributed by atoms with Gasteiger partial charge in [-0.25, -0.2) is 4.79 Å². The number of urea groups is 1. The summed E-state index contributed by atoms with van der Waals surface area (Å²) in [7, 11) is 0. The summed E-state index contributed by atoms with van der Waals surface area (Å²) in [5, 5.41) is 12.4. The number of carbonyl (C=O) groups is 1. The molecule has 1 unspecified atom stereocenters. The van der Waals surface area contributed by atoms with E-state index in [1.54, 1.807) is 0 Å². The minimum Gasteiger partial charge on any atom is -0.396 e. The van der Waals surface area contributed by atoms with E-state index in [0.717, 1.165) is 44.9 Å². The minimum atomic E-state index is 0.0760. The molecule has 0 radical (unpaired) electrons. The van der Waals surface area contributed by atoms with Crippen LogP contribution in [0.5, 0.6) is 0 Å². The zero-order valence-electron chi connectivity index (χ0n) is 13.7. The molecule has 0 bridgehead atoms. The lowest BCUT2D eigenvalue weighted by atomic mass is 9.92. The first-order valence-electron chi connectivity index (χ1n) is 9.16. The summed E-state index contributed by atoms with van der Waals surface area (Å²) in [6.45, 7) is 3.97. The van der Waals surface area contributed by atoms with Crippen molar-refractivity contribution in [2.45, 2.75) is 63.5 Å². The predicted octanol–water partition coefficient (Wildman–Crippen LogP) is 1.81. The van der Waals surface area contributed by atoms with Gasteiger partial charge in [0.2, 0.25) is 0 Å². The number of likely N-dealkylation sites (tertiary alicyclic amines) is 2. The Bertz CT molecular complexity index is 363. The van der Waals surface area contributed by atoms with Crippen molar-refractivity contribution in [1.29, 1.82) is 0 Å². The third-order valence-corrected chi connectivity index (χ3v) is 5.78. The van der Waals surface area contributed by atoms with Crippen molar-refractivity contribution in [3.63, 3.8) is 0 Å². The molecule has 0 aromatic heterocycles. The third kappa shape index (κ3) is 3.93. The smallest absolute Gasteiger partial charge is 0.317 e. The number of carbonyl (C=O) groups excluding carboxylic acids is 1. The molecule has 22 heavy (non-hydrogen) atoms. The normalized spacial score (nSPS) is 29.0. The number of rotatable bonds is 3. The summed E-state index contributed by atoms with van der Waals surface area (Å²) in [6.07, 6.45) is 10.0. The monoisotopic (exact) mass is 309 g/mol. The first-order chi connectivity index (χ1) is 10.8. The van der Waals surface area contributed by atoms with Crippen LogP contribution in [0.1, 0.15) is 51.4 Å². The highest BCUT2D eigenvalue weighted by molar-refractivity contribution is 5.74. The first-order valence-corrected chi connectivity index (χ1v) is 9.16. The number of hydrogen-bond acceptors (Lipinski definition) is 3. The number of piperidine rings is 1. The Hall–Kier alpha value is -0.810. The van der Waals surface area contributed by atoms with Crippen LogP contribution < -0.4 is 5.32 Å². The molecule has 0 aromatic carbocycles. The zero-order valence-corrected chi connectivity index (χ0v) is 13.7. The summed E-state index contributed by atoms with van der Waals surface area (Å²) in [5.41, 5.74) is 0. The molecule has 3 fully saturated rings. The molecule has 2 amide bonds. The molecule has 5 heteroatoms. The Morgan fingerprint density at radius 3 is 2.36 bits per heavy atom. The van der Waals surface area contributed by atoms with Gasteiger partial charge in [0.1, 0.15) is 0 Å². The van der Waals surface area contributed by atoms with Crippen molar-refractivity contribution in [2.75, 3.05) is 32.8 Å². The second-order valence-corrected chi connectivity index (χ2v) is 7.33. The summed E-state index contributed by atoms with van der Waals surface area (Å²) in [4.78, 5) is 16.8. The summed E-state index contributed by atoms with van der Waals surface area (Å²) in [6, 6.07) is 1.21. The maximum absolute atomic E-state index is 12.3. The van der Waals surface area contributed by atoms with Gasteiger partial charge in [0.25, 0.3) is 0 Å². The molecule has 0 aromatic rings. The second-order valence-electron chi connectivity index (χ2n) is 7.33. The standard InChI is InChI=1S/C17H31N3O2/c21-13-14-6-9-20(12-14)17(22)18-15-7-10-19(11-8-15)16-4-2-1-3-5-16/h14-16,21H,1-13H2,(H,18,22). The maximum atomic E-state index is 12.3. The van der Waals surface area contributed by atoms with Crippen molar-refractivity contribution < 1.29 is 9.90 Å². The molecule has 1 aliphatic carbocycles. The quantitative estimate of drug-likeness (QED) is 0.836. The SMILES string of the molecule is O=C(NC1CCN(C2CCCCC2)CC1)N1CCC(CO)C1. The molecule has 126 valence electrons. The van der Waals surface area contributed by atoms with E-state index < -0.39 is 0 Å². The summed E-state index contributed by atoms with van der Waals surface area (Å²) < 4.78 is 0. The van der Waals surface area contributed by atoms with E-state index in [4.69, 9.17) is 0 Å². The Labute approximate surface area is 134 Å². The van der Waals surface area contributed by atoms with Crippen molar-refractivity contribution in [1.82, 2.24) is 15.1 Å². The molecule has 0 spiro atoms. The van der Waals surface area contributed by atoms with Crippen molar-refractivity contribution in [3.8, 4) is 0 Å². The summed E-state index contributed by atoms with van der Waals surface area (Å²) in [5.74, 6) is 0.277. The van der Waals surface area contributed by atoms with Crippen LogP contribution in [0.25, 0.3) is 0 Å². The van der Waals surface area contributed by atoms with Gasteiger partial charge < -0.3 is 20.2 Å². The van der Waals surface area contributed by atoms with Crippen LogP contribution in [-0.2, 0) is 0 Å². The molecular weight excluding hydrogens is 278 g/mol. The van der Waals surface area contributed by atoms with Crippen LogP contribution in [0.2, 0.25) is 0 Å². The summed E-state index contributed by atoms with van der Waals surface area (Å²) >= 11 is 0. The van der Waals surface area contributed by atoms with E-state index >= 15 is 0 Å². The van der Waals surface area contributed by atoms with Crippen molar-refractivity contribution in [3.05, 3.63) is 0 Å². The molecule has 1 saturated carbocycles. The topological polar surface area (TPSA) is 55.8 Å². The van der Waals surface area contributed by atoms with Gasteiger partial charge in [0.05, 0.1) is 0 Å². The number of hydrogen-bond donors (Lipinski definition) is 2. The number of nitrogens with zero attached hydrogens (tertiary/aromatic N) is 2. The Morgan fingerprint density at radius 1 is 1.00 bits per heavy atom. The first kappa shape index (κ1) is 16.1. The lowest BCUT2D eigenvalue weighted by Gasteiger charge is -2.39. The molecule has 3 rings (SSSR count). The van der Waals surface area contributed by atoms with Gasteiger partial charge in [-0.1, -0.05) is 19.3 Å². The Morgan fingerprint density at radius 2 is 1.73 bits per heavy atom. The average Bonchev–Trinajstić information content (AvgIpc) is 3.06. The van der Waals surface area contributed by atoms with Gasteiger partial charge in [0.15, 0.2) is 0 Å². The van der Waals surface area contributed by atoms with Crippen LogP contribution >= 0.6 is 0 Å². The zero-order chi connectivity index (χ0) is 15.4. The highest BCUT2D eigenvalue weighted by Gasteiger charge is 2.30. The highest BCUT2D eigenvalue weighted by Crippen LogP contribution is 2.25. The number of aliphatic hydroxyl groups is 1. The third-order valence-electron chi connectivity index (χ3n) is 5.78. The molecule has 3 aliphatic rings. The van der Waals surface area contributed by atoms with E-state index in [0.29, 0.717) is 12.6 Å². The van der Waals surface area contributed by atoms with E-state index in [1.807, 2.05) is 4.90 Å². The predicted molar refractivity (Wildman–Crippen MR) is 86.8 cm³/mol. The van der Waals surface area contributed by atoms with Gasteiger partial charge >= 0.3 is 6.03 Å². The van der Waals surface area contributed by atoms with E-state index in [-0.39, 0.29) is 18.6 Å². The molecule has 2 N–H and O–H groups in total. The lowest BCUT2D eigenvalue weighted by Crippen LogP contribution is -2.51.